The lowest BCUT2D eigenvalue weighted by molar-refractivity contribution is -0.166. The molecule has 1 aromatic carbocycles. The number of hydrogen-bond donors (Lipinski definition) is 2. The van der Waals surface area contributed by atoms with Gasteiger partial charge in [-0.3, -0.25) is 0 Å². The van der Waals surface area contributed by atoms with Crippen molar-refractivity contribution in [2.45, 2.75) is 5.92 Å². The molecule has 0 bridgehead atoms. The average Bonchev–Trinajstić information content (AvgIpc) is 2.17. The summed E-state index contributed by atoms with van der Waals surface area (Å²) in [5, 5.41) is 17.0. The predicted molar refractivity (Wildman–Crippen MR) is 51.2 cm³/mol. The smallest absolute Gasteiger partial charge is 0.379 e. The van der Waals surface area contributed by atoms with E-state index in [4.69, 9.17) is 16.7 Å². The van der Waals surface area contributed by atoms with Gasteiger partial charge in [-0.1, -0.05) is 11.6 Å². The van der Waals surface area contributed by atoms with Crippen LogP contribution in [0.5, 0.6) is 11.5 Å². The van der Waals surface area contributed by atoms with Gasteiger partial charge in [0.1, 0.15) is 0 Å². The molecular weight excluding hydrogens is 246 g/mol. The lowest BCUT2D eigenvalue weighted by atomic mass is 10.1. The molecule has 0 saturated carbocycles. The molecule has 7 heteroatoms. The summed E-state index contributed by atoms with van der Waals surface area (Å²) in [6.07, 6.45) is 0. The van der Waals surface area contributed by atoms with Gasteiger partial charge < -0.3 is 14.9 Å². The Morgan fingerprint density at radius 2 is 2.06 bits per heavy atom. The minimum Gasteiger partial charge on any atom is -0.504 e. The number of benzene rings is 1. The quantitative estimate of drug-likeness (QED) is 0.866. The summed E-state index contributed by atoms with van der Waals surface area (Å²) in [6.45, 7) is 0. The van der Waals surface area contributed by atoms with E-state index in [1.54, 1.807) is 0 Å². The summed E-state index contributed by atoms with van der Waals surface area (Å²) in [4.78, 5) is 10.3. The first-order valence-electron chi connectivity index (χ1n) is 3.99. The van der Waals surface area contributed by atoms with E-state index in [1.807, 2.05) is 0 Å². The number of phenolic OH excluding ortho intramolecular Hbond substituents is 1. The van der Waals surface area contributed by atoms with Crippen LogP contribution in [0.4, 0.5) is 8.78 Å². The standard InChI is InChI=1S/C9H7ClF2O4/c1-16-7-2-4(5(10)3-6(7)13)9(11,12)8(14)15/h2-3,13H,1H3,(H,14,15). The summed E-state index contributed by atoms with van der Waals surface area (Å²) in [6, 6.07) is 1.48. The molecule has 0 fully saturated rings. The number of carboxylic acids is 1. The monoisotopic (exact) mass is 252 g/mol. The summed E-state index contributed by atoms with van der Waals surface area (Å²) < 4.78 is 30.9. The molecule has 0 saturated heterocycles. The van der Waals surface area contributed by atoms with Gasteiger partial charge in [0.25, 0.3) is 0 Å². The van der Waals surface area contributed by atoms with E-state index in [-0.39, 0.29) is 5.75 Å². The maximum atomic E-state index is 13.2. The second kappa shape index (κ2) is 4.13. The molecule has 0 atom stereocenters. The fraction of sp³-hybridized carbons (Fsp3) is 0.222. The molecule has 0 amide bonds. The number of rotatable bonds is 3. The second-order valence-electron chi connectivity index (χ2n) is 2.88. The Hall–Kier alpha value is -1.56. The molecule has 1 aromatic rings. The minimum atomic E-state index is -4.14. The first kappa shape index (κ1) is 12.5. The number of hydrogen-bond acceptors (Lipinski definition) is 3. The summed E-state index contributed by atoms with van der Waals surface area (Å²) in [5.74, 6) is -7.20. The first-order valence-corrected chi connectivity index (χ1v) is 4.36. The highest BCUT2D eigenvalue weighted by molar-refractivity contribution is 6.31. The van der Waals surface area contributed by atoms with Crippen LogP contribution in [-0.2, 0) is 10.7 Å². The highest BCUT2D eigenvalue weighted by atomic mass is 35.5. The van der Waals surface area contributed by atoms with Crippen molar-refractivity contribution in [2.75, 3.05) is 7.11 Å². The average molecular weight is 253 g/mol. The van der Waals surface area contributed by atoms with Crippen molar-refractivity contribution in [1.82, 2.24) is 0 Å². The second-order valence-corrected chi connectivity index (χ2v) is 3.29. The number of aromatic hydroxyl groups is 1. The highest BCUT2D eigenvalue weighted by Crippen LogP contribution is 2.40. The molecule has 0 aliphatic rings. The van der Waals surface area contributed by atoms with Crippen molar-refractivity contribution in [3.63, 3.8) is 0 Å². The van der Waals surface area contributed by atoms with E-state index in [0.29, 0.717) is 6.07 Å². The Morgan fingerprint density at radius 3 is 2.50 bits per heavy atom. The fourth-order valence-corrected chi connectivity index (χ4v) is 1.34. The maximum absolute atomic E-state index is 13.2. The van der Waals surface area contributed by atoms with Crippen LogP contribution in [-0.4, -0.2) is 23.3 Å². The Morgan fingerprint density at radius 1 is 1.50 bits per heavy atom. The summed E-state index contributed by atoms with van der Waals surface area (Å²) >= 11 is 5.43. The van der Waals surface area contributed by atoms with Gasteiger partial charge in [0.2, 0.25) is 0 Å². The van der Waals surface area contributed by atoms with Crippen LogP contribution in [0.3, 0.4) is 0 Å². The van der Waals surface area contributed by atoms with E-state index in [2.05, 4.69) is 4.74 Å². The maximum Gasteiger partial charge on any atom is 0.379 e. The van der Waals surface area contributed by atoms with Gasteiger partial charge in [-0.05, 0) is 6.07 Å². The summed E-state index contributed by atoms with van der Waals surface area (Å²) in [5.41, 5.74) is -0.934. The van der Waals surface area contributed by atoms with Gasteiger partial charge >= 0.3 is 11.9 Å². The third-order valence-corrected chi connectivity index (χ3v) is 2.19. The molecule has 2 N–H and O–H groups in total. The van der Waals surface area contributed by atoms with Crippen LogP contribution in [0.1, 0.15) is 5.56 Å². The molecular formula is C9H7ClF2O4. The van der Waals surface area contributed by atoms with Crippen LogP contribution in [0.15, 0.2) is 12.1 Å². The van der Waals surface area contributed by atoms with Crippen LogP contribution in [0.25, 0.3) is 0 Å². The van der Waals surface area contributed by atoms with E-state index in [9.17, 15) is 18.7 Å². The zero-order valence-corrected chi connectivity index (χ0v) is 8.76. The molecule has 0 spiro atoms. The predicted octanol–water partition coefficient (Wildman–Crippen LogP) is 2.23. The van der Waals surface area contributed by atoms with Gasteiger partial charge in [0.05, 0.1) is 17.7 Å². The van der Waals surface area contributed by atoms with Crippen LogP contribution < -0.4 is 4.74 Å². The molecule has 0 heterocycles. The number of methoxy groups -OCH3 is 1. The fourth-order valence-electron chi connectivity index (χ4n) is 1.06. The number of phenols is 1. The molecule has 1 rings (SSSR count). The molecule has 0 aromatic heterocycles. The number of alkyl halides is 2. The normalized spacial score (nSPS) is 11.2. The van der Waals surface area contributed by atoms with Crippen molar-refractivity contribution >= 4 is 17.6 Å². The molecule has 0 unspecified atom stereocenters. The summed E-state index contributed by atoms with van der Waals surface area (Å²) in [7, 11) is 1.14. The zero-order valence-electron chi connectivity index (χ0n) is 8.00. The van der Waals surface area contributed by atoms with Crippen LogP contribution >= 0.6 is 11.6 Å². The van der Waals surface area contributed by atoms with E-state index in [1.165, 1.54) is 0 Å². The number of carbonyl (C=O) groups is 1. The Labute approximate surface area is 94.0 Å². The lowest BCUT2D eigenvalue weighted by Gasteiger charge is -2.14. The molecule has 0 aliphatic heterocycles. The Kier molecular flexibility index (Phi) is 3.23. The van der Waals surface area contributed by atoms with E-state index < -0.39 is 28.2 Å². The van der Waals surface area contributed by atoms with Crippen molar-refractivity contribution in [3.05, 3.63) is 22.7 Å². The third kappa shape index (κ3) is 2.01. The van der Waals surface area contributed by atoms with E-state index >= 15 is 0 Å². The number of halogens is 3. The van der Waals surface area contributed by atoms with Gasteiger partial charge in [-0.15, -0.1) is 0 Å². The van der Waals surface area contributed by atoms with Crippen LogP contribution in [0, 0.1) is 0 Å². The molecule has 4 nitrogen and oxygen atoms in total. The van der Waals surface area contributed by atoms with Gasteiger partial charge in [-0.25, -0.2) is 4.79 Å². The van der Waals surface area contributed by atoms with Gasteiger partial charge in [-0.2, -0.15) is 8.78 Å². The minimum absolute atomic E-state index is 0.277. The number of ether oxygens (including phenoxy) is 1. The number of carboxylic acid groups (broad SMARTS) is 1. The van der Waals surface area contributed by atoms with Crippen molar-refractivity contribution < 1.29 is 28.5 Å². The topological polar surface area (TPSA) is 66.8 Å². The molecule has 88 valence electrons. The van der Waals surface area contributed by atoms with Crippen LogP contribution in [0.2, 0.25) is 5.02 Å². The molecule has 16 heavy (non-hydrogen) atoms. The lowest BCUT2D eigenvalue weighted by Crippen LogP contribution is -2.25. The Bertz CT molecular complexity index is 434. The molecule has 0 radical (unpaired) electrons. The SMILES string of the molecule is COc1cc(C(F)(F)C(=O)O)c(Cl)cc1O. The molecule has 0 aliphatic carbocycles. The van der Waals surface area contributed by atoms with Crippen molar-refractivity contribution in [1.29, 1.82) is 0 Å². The Balaban J connectivity index is 3.40. The zero-order chi connectivity index (χ0) is 12.5. The third-order valence-electron chi connectivity index (χ3n) is 1.88. The largest absolute Gasteiger partial charge is 0.504 e. The van der Waals surface area contributed by atoms with Crippen molar-refractivity contribution in [2.24, 2.45) is 0 Å². The van der Waals surface area contributed by atoms with Gasteiger partial charge in [0, 0.05) is 6.07 Å². The van der Waals surface area contributed by atoms with Crippen molar-refractivity contribution in [3.8, 4) is 11.5 Å². The van der Waals surface area contributed by atoms with E-state index in [0.717, 1.165) is 13.2 Å². The highest BCUT2D eigenvalue weighted by Gasteiger charge is 2.43. The van der Waals surface area contributed by atoms with Gasteiger partial charge in [0.15, 0.2) is 11.5 Å². The first-order chi connectivity index (χ1) is 7.30. The number of aliphatic carboxylic acids is 1.